The molecule has 0 aromatic rings. The second-order valence-electron chi connectivity index (χ2n) is 2.27. The number of esters is 1. The summed E-state index contributed by atoms with van der Waals surface area (Å²) in [6, 6.07) is 0. The third-order valence-electron chi connectivity index (χ3n) is 1.32. The molecule has 1 aliphatic heterocycles. The van der Waals surface area contributed by atoms with E-state index in [4.69, 9.17) is 8.92 Å². The molecule has 0 amide bonds. The van der Waals surface area contributed by atoms with Gasteiger partial charge in [0, 0.05) is 17.7 Å². The fourth-order valence-electron chi connectivity index (χ4n) is 0.692. The quantitative estimate of drug-likeness (QED) is 0.363. The lowest BCUT2D eigenvalue weighted by atomic mass is 10.2. The van der Waals surface area contributed by atoms with Gasteiger partial charge in [-0.2, -0.15) is 0 Å². The van der Waals surface area contributed by atoms with Gasteiger partial charge in [-0.05, 0) is 12.0 Å². The smallest absolute Gasteiger partial charge is 0.330 e. The summed E-state index contributed by atoms with van der Waals surface area (Å²) < 4.78 is 9.85. The molecule has 1 saturated heterocycles. The normalized spacial score (nSPS) is 23.1. The van der Waals surface area contributed by atoms with Gasteiger partial charge in [-0.3, -0.25) is 0 Å². The van der Waals surface area contributed by atoms with Crippen molar-refractivity contribution in [3.05, 3.63) is 12.7 Å². The lowest BCUT2D eigenvalue weighted by Gasteiger charge is -2.05. The summed E-state index contributed by atoms with van der Waals surface area (Å²) in [6.45, 7) is 4.41. The first-order chi connectivity index (χ1) is 5.33. The van der Waals surface area contributed by atoms with Crippen LogP contribution >= 0.6 is 12.0 Å². The number of hydrogen-bond donors (Lipinski definition) is 0. The van der Waals surface area contributed by atoms with Crippen molar-refractivity contribution < 1.29 is 13.7 Å². The lowest BCUT2D eigenvalue weighted by Crippen LogP contribution is -2.14. The van der Waals surface area contributed by atoms with E-state index in [0.29, 0.717) is 19.1 Å². The molecule has 1 heterocycles. The van der Waals surface area contributed by atoms with Crippen molar-refractivity contribution in [2.75, 3.05) is 19.0 Å². The van der Waals surface area contributed by atoms with Crippen LogP contribution < -0.4 is 0 Å². The monoisotopic (exact) mass is 174 g/mol. The number of carbonyl (C=O) groups excluding carboxylic acids is 1. The Morgan fingerprint density at radius 3 is 3.27 bits per heavy atom. The molecule has 0 spiro atoms. The van der Waals surface area contributed by atoms with Gasteiger partial charge in [-0.25, -0.2) is 4.79 Å². The lowest BCUT2D eigenvalue weighted by molar-refractivity contribution is -0.138. The molecule has 1 unspecified atom stereocenters. The maximum atomic E-state index is 10.6. The molecule has 1 rings (SSSR count). The van der Waals surface area contributed by atoms with Crippen LogP contribution in [0.4, 0.5) is 0 Å². The predicted molar refractivity (Wildman–Crippen MR) is 43.1 cm³/mol. The molecular weight excluding hydrogens is 164 g/mol. The third-order valence-corrected chi connectivity index (χ3v) is 2.23. The van der Waals surface area contributed by atoms with Gasteiger partial charge >= 0.3 is 5.97 Å². The first-order valence-corrected chi connectivity index (χ1v) is 4.27. The molecule has 0 radical (unpaired) electrons. The highest BCUT2D eigenvalue weighted by atomic mass is 32.2. The van der Waals surface area contributed by atoms with Crippen molar-refractivity contribution in [2.24, 2.45) is 5.92 Å². The van der Waals surface area contributed by atoms with Crippen molar-refractivity contribution in [3.8, 4) is 0 Å². The summed E-state index contributed by atoms with van der Waals surface area (Å²) in [5, 5.41) is 0. The van der Waals surface area contributed by atoms with Crippen LogP contribution in [0.2, 0.25) is 0 Å². The van der Waals surface area contributed by atoms with Gasteiger partial charge in [0.15, 0.2) is 0 Å². The van der Waals surface area contributed by atoms with Crippen molar-refractivity contribution in [1.29, 1.82) is 0 Å². The second kappa shape index (κ2) is 4.41. The zero-order chi connectivity index (χ0) is 8.10. The molecule has 1 atom stereocenters. The SMILES string of the molecule is C=CC(=O)OCC1COSC1. The Bertz CT molecular complexity index is 152. The topological polar surface area (TPSA) is 35.5 Å². The minimum absolute atomic E-state index is 0.351. The van der Waals surface area contributed by atoms with E-state index in [2.05, 4.69) is 6.58 Å². The van der Waals surface area contributed by atoms with E-state index < -0.39 is 0 Å². The van der Waals surface area contributed by atoms with E-state index in [1.807, 2.05) is 0 Å². The highest BCUT2D eigenvalue weighted by Crippen LogP contribution is 2.20. The van der Waals surface area contributed by atoms with Crippen LogP contribution in [0.3, 0.4) is 0 Å². The van der Waals surface area contributed by atoms with E-state index in [9.17, 15) is 4.79 Å². The van der Waals surface area contributed by atoms with Gasteiger partial charge < -0.3 is 8.92 Å². The van der Waals surface area contributed by atoms with Gasteiger partial charge in [-0.1, -0.05) is 6.58 Å². The summed E-state index contributed by atoms with van der Waals surface area (Å²) in [4.78, 5) is 10.6. The maximum absolute atomic E-state index is 10.6. The van der Waals surface area contributed by atoms with Crippen LogP contribution in [-0.2, 0) is 13.7 Å². The fraction of sp³-hybridized carbons (Fsp3) is 0.571. The zero-order valence-electron chi connectivity index (χ0n) is 6.12. The summed E-state index contributed by atoms with van der Waals surface area (Å²) in [5.74, 6) is 0.899. The molecule has 3 nitrogen and oxygen atoms in total. The van der Waals surface area contributed by atoms with Gasteiger partial charge in [0.05, 0.1) is 13.2 Å². The number of ether oxygens (including phenoxy) is 1. The first kappa shape index (κ1) is 8.62. The summed E-state index contributed by atoms with van der Waals surface area (Å²) in [6.07, 6.45) is 1.17. The average molecular weight is 174 g/mol. The fourth-order valence-corrected chi connectivity index (χ4v) is 1.46. The van der Waals surface area contributed by atoms with Crippen LogP contribution in [0.15, 0.2) is 12.7 Å². The summed E-state index contributed by atoms with van der Waals surface area (Å²) in [7, 11) is 0. The Kier molecular flexibility index (Phi) is 3.45. The molecule has 0 aromatic carbocycles. The van der Waals surface area contributed by atoms with Crippen LogP contribution in [0.5, 0.6) is 0 Å². The molecule has 11 heavy (non-hydrogen) atoms. The highest BCUT2D eigenvalue weighted by molar-refractivity contribution is 7.94. The zero-order valence-corrected chi connectivity index (χ0v) is 6.93. The standard InChI is InChI=1S/C7H10O3S/c1-2-7(8)9-3-6-4-10-11-5-6/h2,6H,1,3-5H2. The Morgan fingerprint density at radius 2 is 2.73 bits per heavy atom. The van der Waals surface area contributed by atoms with E-state index >= 15 is 0 Å². The number of carbonyl (C=O) groups is 1. The van der Waals surface area contributed by atoms with E-state index in [0.717, 1.165) is 5.75 Å². The van der Waals surface area contributed by atoms with Crippen molar-refractivity contribution >= 4 is 18.0 Å². The molecule has 0 N–H and O–H groups in total. The molecule has 1 fully saturated rings. The van der Waals surface area contributed by atoms with Crippen molar-refractivity contribution in [3.63, 3.8) is 0 Å². The van der Waals surface area contributed by atoms with E-state index in [1.54, 1.807) is 0 Å². The van der Waals surface area contributed by atoms with E-state index in [1.165, 1.54) is 18.1 Å². The van der Waals surface area contributed by atoms with Crippen LogP contribution in [0.1, 0.15) is 0 Å². The minimum atomic E-state index is -0.359. The Labute approximate surface area is 70.0 Å². The van der Waals surface area contributed by atoms with Crippen LogP contribution in [0, 0.1) is 5.92 Å². The molecule has 0 aliphatic carbocycles. The van der Waals surface area contributed by atoms with Gasteiger partial charge in [0.1, 0.15) is 0 Å². The van der Waals surface area contributed by atoms with Crippen molar-refractivity contribution in [1.82, 2.24) is 0 Å². The largest absolute Gasteiger partial charge is 0.462 e. The maximum Gasteiger partial charge on any atom is 0.330 e. The van der Waals surface area contributed by atoms with Gasteiger partial charge in [0.2, 0.25) is 0 Å². The number of rotatable bonds is 3. The van der Waals surface area contributed by atoms with Crippen LogP contribution in [-0.4, -0.2) is 24.9 Å². The first-order valence-electron chi connectivity index (χ1n) is 3.36. The summed E-state index contributed by atoms with van der Waals surface area (Å²) in [5.41, 5.74) is 0. The Morgan fingerprint density at radius 1 is 1.91 bits per heavy atom. The molecular formula is C7H10O3S. The molecule has 62 valence electrons. The van der Waals surface area contributed by atoms with Crippen LogP contribution in [0.25, 0.3) is 0 Å². The van der Waals surface area contributed by atoms with Gasteiger partial charge in [-0.15, -0.1) is 0 Å². The minimum Gasteiger partial charge on any atom is -0.462 e. The number of hydrogen-bond acceptors (Lipinski definition) is 4. The van der Waals surface area contributed by atoms with Crippen molar-refractivity contribution in [2.45, 2.75) is 0 Å². The molecule has 0 bridgehead atoms. The molecule has 1 aliphatic rings. The summed E-state index contributed by atoms with van der Waals surface area (Å²) >= 11 is 1.42. The van der Waals surface area contributed by atoms with Gasteiger partial charge in [0.25, 0.3) is 0 Å². The Balaban J connectivity index is 2.10. The Hall–Kier alpha value is -0.480. The van der Waals surface area contributed by atoms with E-state index in [-0.39, 0.29) is 5.97 Å². The average Bonchev–Trinajstić information content (AvgIpc) is 2.52. The molecule has 0 saturated carbocycles. The predicted octanol–water partition coefficient (Wildman–Crippen LogP) is 1.01. The molecule has 4 heteroatoms. The molecule has 0 aromatic heterocycles. The third kappa shape index (κ3) is 2.95. The highest BCUT2D eigenvalue weighted by Gasteiger charge is 2.17. The second-order valence-corrected chi connectivity index (χ2v) is 3.07.